The lowest BCUT2D eigenvalue weighted by Gasteiger charge is -2.50. The Hall–Kier alpha value is -5.49. The number of nitrogens with one attached hydrogen (secondary N) is 3. The van der Waals surface area contributed by atoms with Gasteiger partial charge in [-0.3, -0.25) is 34.2 Å². The zero-order valence-electron chi connectivity index (χ0n) is 36.9. The molecule has 4 amide bonds. The predicted molar refractivity (Wildman–Crippen MR) is 247 cm³/mol. The van der Waals surface area contributed by atoms with E-state index in [0.717, 1.165) is 80.6 Å². The van der Waals surface area contributed by atoms with E-state index in [-0.39, 0.29) is 72.9 Å². The molecular weight excluding hydrogens is 875 g/mol. The van der Waals surface area contributed by atoms with Crippen LogP contribution in [-0.2, 0) is 25.7 Å². The zero-order valence-corrected chi connectivity index (χ0v) is 38.5. The van der Waals surface area contributed by atoms with Gasteiger partial charge in [0.1, 0.15) is 11.1 Å². The fourth-order valence-corrected chi connectivity index (χ4v) is 10.3. The molecule has 1 saturated carbocycles. The van der Waals surface area contributed by atoms with Crippen molar-refractivity contribution in [2.24, 2.45) is 0 Å². The number of benzene rings is 2. The van der Waals surface area contributed by atoms with Crippen LogP contribution in [0.3, 0.4) is 0 Å². The predicted octanol–water partition coefficient (Wildman–Crippen LogP) is 5.04. The van der Waals surface area contributed by atoms with Crippen LogP contribution in [0.2, 0.25) is 10.0 Å². The summed E-state index contributed by atoms with van der Waals surface area (Å²) in [5.74, 6) is -0.173. The third-order valence-electron chi connectivity index (χ3n) is 13.4. The second-order valence-corrected chi connectivity index (χ2v) is 18.7. The van der Waals surface area contributed by atoms with E-state index >= 15 is 0 Å². The summed E-state index contributed by atoms with van der Waals surface area (Å²) in [6, 6.07) is 10.9. The Balaban J connectivity index is 0.756. The van der Waals surface area contributed by atoms with Crippen molar-refractivity contribution in [3.63, 3.8) is 0 Å². The number of hydrogen-bond acceptors (Lipinski definition) is 13. The average molecular weight is 930 g/mol. The van der Waals surface area contributed by atoms with Crippen LogP contribution in [0.15, 0.2) is 47.4 Å². The molecule has 4 aliphatic heterocycles. The molecule has 65 heavy (non-hydrogen) atoms. The molecule has 0 radical (unpaired) electrons. The van der Waals surface area contributed by atoms with Crippen LogP contribution in [0.25, 0.3) is 10.9 Å². The van der Waals surface area contributed by atoms with Gasteiger partial charge in [0.05, 0.1) is 34.6 Å². The van der Waals surface area contributed by atoms with Crippen LogP contribution in [0.4, 0.5) is 23.1 Å². The highest BCUT2D eigenvalue weighted by atomic mass is 35.5. The minimum Gasteiger partial charge on any atom is -0.478 e. The fourth-order valence-electron chi connectivity index (χ4n) is 9.86. The van der Waals surface area contributed by atoms with E-state index in [1.54, 1.807) is 21.7 Å². The largest absolute Gasteiger partial charge is 0.478 e. The van der Waals surface area contributed by atoms with Crippen molar-refractivity contribution in [3.05, 3.63) is 74.1 Å². The molecule has 6 heterocycles. The minimum atomic E-state index is -0.680. The lowest BCUT2D eigenvalue weighted by atomic mass is 9.86. The number of rotatable bonds is 12. The van der Waals surface area contributed by atoms with Crippen LogP contribution >= 0.6 is 23.2 Å². The molecule has 1 aliphatic carbocycles. The van der Waals surface area contributed by atoms with Gasteiger partial charge in [0.2, 0.25) is 17.8 Å². The lowest BCUT2D eigenvalue weighted by Crippen LogP contribution is -2.59. The van der Waals surface area contributed by atoms with E-state index in [0.29, 0.717) is 45.5 Å². The van der Waals surface area contributed by atoms with E-state index in [1.165, 1.54) is 7.05 Å². The smallest absolute Gasteiger partial charge is 0.293 e. The summed E-state index contributed by atoms with van der Waals surface area (Å²) in [6.07, 6.45) is 6.21. The van der Waals surface area contributed by atoms with Crippen molar-refractivity contribution in [2.45, 2.75) is 102 Å². The first-order valence-corrected chi connectivity index (χ1v) is 23.2. The normalized spacial score (nSPS) is 22.9. The van der Waals surface area contributed by atoms with Gasteiger partial charge >= 0.3 is 0 Å². The number of nitrogens with zero attached hydrogens (tertiary/aromatic N) is 7. The molecule has 0 spiro atoms. The van der Waals surface area contributed by atoms with Gasteiger partial charge in [-0.25, -0.2) is 4.98 Å². The number of piperidine rings is 2. The number of pyridine rings is 1. The van der Waals surface area contributed by atoms with Gasteiger partial charge in [0, 0.05) is 93.1 Å². The Morgan fingerprint density at radius 2 is 1.75 bits per heavy atom. The summed E-state index contributed by atoms with van der Waals surface area (Å²) < 4.78 is 13.9. The molecule has 2 aromatic carbocycles. The van der Waals surface area contributed by atoms with Crippen LogP contribution in [0.5, 0.6) is 5.75 Å². The van der Waals surface area contributed by atoms with Gasteiger partial charge in [0.25, 0.3) is 17.4 Å². The van der Waals surface area contributed by atoms with Crippen LogP contribution < -0.4 is 36.0 Å². The zero-order chi connectivity index (χ0) is 45.7. The third-order valence-corrected chi connectivity index (χ3v) is 14.1. The highest BCUT2D eigenvalue weighted by Crippen LogP contribution is 2.40. The van der Waals surface area contributed by atoms with Gasteiger partial charge in [-0.05, 0) is 89.3 Å². The molecule has 0 bridgehead atoms. The standard InChI is InChI=1S/C46H54Cl2N10O7/c1-25(2)58-35-7-5-28(17-27(35)18-38(45(58)63)64-24-40(60)49-4)51-42-34(47)21-50-46(53-42)54-13-11-30(12-14-54)65-31-19-29(20-31)55-15-16-56(26(3)22-55)36-8-6-32-33(41(36)48)23-57(44(32)62)37-9-10-39(59)52-43(37)61/h5-8,17-18,21,25-26,29-31,37H,9-16,19-20,22-24H2,1-4H3,(H,49,60)(H,50,51,53)(H,52,59,61)/t26-,29?,31?,37+/m0/s1. The summed E-state index contributed by atoms with van der Waals surface area (Å²) in [5, 5.41) is 9.87. The van der Waals surface area contributed by atoms with E-state index in [4.69, 9.17) is 37.7 Å². The molecule has 3 saturated heterocycles. The Morgan fingerprint density at radius 3 is 2.48 bits per heavy atom. The molecule has 9 rings (SSSR count). The Bertz CT molecular complexity index is 2600. The highest BCUT2D eigenvalue weighted by molar-refractivity contribution is 6.35. The Labute approximate surface area is 386 Å². The number of ether oxygens (including phenoxy) is 2. The molecule has 17 nitrogen and oxygen atoms in total. The van der Waals surface area contributed by atoms with Crippen molar-refractivity contribution in [1.29, 1.82) is 0 Å². The van der Waals surface area contributed by atoms with Gasteiger partial charge < -0.3 is 39.4 Å². The number of carbonyl (C=O) groups excluding carboxylic acids is 4. The lowest BCUT2D eigenvalue weighted by molar-refractivity contribution is -0.137. The number of imide groups is 1. The molecule has 5 aliphatic rings. The molecule has 2 aromatic heterocycles. The minimum absolute atomic E-state index is 0.0900. The van der Waals surface area contributed by atoms with Crippen molar-refractivity contribution >= 4 is 80.9 Å². The molecule has 344 valence electrons. The van der Waals surface area contributed by atoms with Gasteiger partial charge in [-0.15, -0.1) is 0 Å². The van der Waals surface area contributed by atoms with Crippen molar-refractivity contribution in [3.8, 4) is 5.75 Å². The number of likely N-dealkylation sites (N-methyl/N-ethyl adjacent to an activating group) is 1. The monoisotopic (exact) mass is 928 g/mol. The molecule has 2 atom stereocenters. The molecule has 3 N–H and O–H groups in total. The number of amides is 4. The summed E-state index contributed by atoms with van der Waals surface area (Å²) in [5.41, 5.74) is 3.29. The van der Waals surface area contributed by atoms with Crippen LogP contribution in [0, 0.1) is 0 Å². The molecular formula is C46H54Cl2N10O7. The van der Waals surface area contributed by atoms with Crippen LogP contribution in [-0.4, -0.2) is 125 Å². The van der Waals surface area contributed by atoms with Gasteiger partial charge in [-0.2, -0.15) is 4.98 Å². The molecule has 0 unspecified atom stereocenters. The first-order chi connectivity index (χ1) is 31.3. The molecule has 4 fully saturated rings. The first-order valence-electron chi connectivity index (χ1n) is 22.5. The summed E-state index contributed by atoms with van der Waals surface area (Å²) in [4.78, 5) is 80.7. The summed E-state index contributed by atoms with van der Waals surface area (Å²) in [7, 11) is 1.51. The summed E-state index contributed by atoms with van der Waals surface area (Å²) >= 11 is 13.6. The maximum Gasteiger partial charge on any atom is 0.293 e. The number of aromatic nitrogens is 3. The van der Waals surface area contributed by atoms with E-state index in [2.05, 4.69) is 42.6 Å². The Kier molecular flexibility index (Phi) is 12.7. The number of carbonyl (C=O) groups is 4. The number of halogens is 2. The third kappa shape index (κ3) is 8.95. The van der Waals surface area contributed by atoms with E-state index < -0.39 is 11.9 Å². The number of hydrogen-bond donors (Lipinski definition) is 3. The van der Waals surface area contributed by atoms with Gasteiger partial charge in [-0.1, -0.05) is 23.2 Å². The average Bonchev–Trinajstić information content (AvgIpc) is 3.61. The van der Waals surface area contributed by atoms with Crippen molar-refractivity contribution in [2.75, 3.05) is 61.5 Å². The number of piperazine rings is 1. The highest BCUT2D eigenvalue weighted by Gasteiger charge is 2.42. The second-order valence-electron chi connectivity index (χ2n) is 17.9. The maximum absolute atomic E-state index is 13.3. The van der Waals surface area contributed by atoms with Crippen LogP contribution in [0.1, 0.15) is 81.3 Å². The molecule has 4 aromatic rings. The van der Waals surface area contributed by atoms with Gasteiger partial charge in [0.15, 0.2) is 18.2 Å². The maximum atomic E-state index is 13.3. The van der Waals surface area contributed by atoms with Crippen molar-refractivity contribution in [1.82, 2.24) is 35.0 Å². The quantitative estimate of drug-likeness (QED) is 0.161. The summed E-state index contributed by atoms with van der Waals surface area (Å²) in [6.45, 7) is 10.1. The van der Waals surface area contributed by atoms with E-state index in [1.807, 2.05) is 44.2 Å². The van der Waals surface area contributed by atoms with Crippen molar-refractivity contribution < 1.29 is 28.7 Å². The topological polar surface area (TPSA) is 184 Å². The number of fused-ring (bicyclic) bond motifs is 2. The fraction of sp³-hybridized carbons (Fsp3) is 0.500. The molecule has 19 heteroatoms. The SMILES string of the molecule is CNC(=O)COc1cc2cc(Nc3nc(N4CCC(OC5CC(N6CCN(c7ccc8c(c7Cl)CN([C@@H]7CCC(=O)NC7=O)C8=O)[C@@H](C)C6)C5)CC4)ncc3Cl)ccc2n(C(C)C)c1=O. The first kappa shape index (κ1) is 44.7. The number of anilines is 4. The van der Waals surface area contributed by atoms with E-state index in [9.17, 15) is 24.0 Å². The second kappa shape index (κ2) is 18.4. The Morgan fingerprint density at radius 1 is 0.969 bits per heavy atom.